The van der Waals surface area contributed by atoms with E-state index >= 15 is 0 Å². The summed E-state index contributed by atoms with van der Waals surface area (Å²) in [5.41, 5.74) is 3.17. The van der Waals surface area contributed by atoms with Gasteiger partial charge < -0.3 is 19.4 Å². The van der Waals surface area contributed by atoms with Crippen LogP contribution in [0.25, 0.3) is 11.1 Å². The van der Waals surface area contributed by atoms with Gasteiger partial charge in [-0.2, -0.15) is 15.5 Å². The molecule has 2 heterocycles. The van der Waals surface area contributed by atoms with Gasteiger partial charge in [0.1, 0.15) is 29.8 Å². The quantitative estimate of drug-likeness (QED) is 0.485. The van der Waals surface area contributed by atoms with Gasteiger partial charge in [0.25, 0.3) is 0 Å². The van der Waals surface area contributed by atoms with E-state index in [1.54, 1.807) is 24.3 Å². The number of rotatable bonds is 8. The van der Waals surface area contributed by atoms with E-state index in [4.69, 9.17) is 15.6 Å². The molecule has 1 saturated heterocycles. The van der Waals surface area contributed by atoms with Crippen molar-refractivity contribution in [1.29, 1.82) is 16.1 Å². The molecule has 168 valence electrons. The van der Waals surface area contributed by atoms with Gasteiger partial charge in [-0.05, 0) is 45.1 Å². The number of hydrogen-bond acceptors (Lipinski definition) is 8. The van der Waals surface area contributed by atoms with Gasteiger partial charge in [-0.25, -0.2) is 0 Å². The molecule has 0 atom stereocenters. The van der Waals surface area contributed by atoms with Gasteiger partial charge >= 0.3 is 0 Å². The number of anilines is 1. The molecule has 2 aromatic rings. The molecule has 1 aliphatic rings. The van der Waals surface area contributed by atoms with Crippen molar-refractivity contribution >= 4 is 17.9 Å². The van der Waals surface area contributed by atoms with Crippen molar-refractivity contribution in [3.05, 3.63) is 36.2 Å². The van der Waals surface area contributed by atoms with Gasteiger partial charge in [0.15, 0.2) is 0 Å². The standard InChI is InChI=1S/C23H30N8O/c1-29(2)12-13-32-21-5-4-19(18-6-9-27-28-15-18)22(20(21)14-24)31-10-7-17(8-11-31)23(26)30(3)16-25/h4-6,9,15-17,25-26H,7-8,10-13H2,1-3H3. The molecule has 0 radical (unpaired) electrons. The lowest BCUT2D eigenvalue weighted by atomic mass is 9.92. The van der Waals surface area contributed by atoms with Crippen molar-refractivity contribution in [3.63, 3.8) is 0 Å². The predicted octanol–water partition coefficient (Wildman–Crippen LogP) is 2.69. The Hall–Kier alpha value is -3.51. The minimum atomic E-state index is 0.0916. The fourth-order valence-corrected chi connectivity index (χ4v) is 3.88. The molecule has 0 amide bonds. The SMILES string of the molecule is CN(C)CCOc1ccc(-c2ccnnc2)c(N2CCC(C(=N)N(C)C=N)CC2)c1C#N. The normalized spacial score (nSPS) is 14.2. The fraction of sp³-hybridized carbons (Fsp3) is 0.435. The Bertz CT molecular complexity index is 977. The minimum Gasteiger partial charge on any atom is -0.491 e. The summed E-state index contributed by atoms with van der Waals surface area (Å²) in [5, 5.41) is 33.7. The van der Waals surface area contributed by atoms with E-state index in [0.717, 1.165) is 36.2 Å². The summed E-state index contributed by atoms with van der Waals surface area (Å²) in [6, 6.07) is 8.10. The molecule has 32 heavy (non-hydrogen) atoms. The number of nitrogens with zero attached hydrogens (tertiary/aromatic N) is 6. The maximum absolute atomic E-state index is 10.1. The second kappa shape index (κ2) is 10.7. The second-order valence-corrected chi connectivity index (χ2v) is 8.12. The highest BCUT2D eigenvalue weighted by atomic mass is 16.5. The molecule has 9 heteroatoms. The van der Waals surface area contributed by atoms with E-state index in [2.05, 4.69) is 21.2 Å². The lowest BCUT2D eigenvalue weighted by Gasteiger charge is -2.36. The Kier molecular flexibility index (Phi) is 7.73. The second-order valence-electron chi connectivity index (χ2n) is 8.12. The molecule has 1 aromatic carbocycles. The van der Waals surface area contributed by atoms with Gasteiger partial charge in [0, 0.05) is 43.7 Å². The predicted molar refractivity (Wildman–Crippen MR) is 125 cm³/mol. The number of amidine groups is 1. The number of benzene rings is 1. The maximum Gasteiger partial charge on any atom is 0.139 e. The topological polar surface area (TPSA) is 116 Å². The molecule has 0 unspecified atom stereocenters. The Balaban J connectivity index is 1.94. The maximum atomic E-state index is 10.1. The van der Waals surface area contributed by atoms with E-state index < -0.39 is 0 Å². The molecule has 0 saturated carbocycles. The van der Waals surface area contributed by atoms with Crippen molar-refractivity contribution in [2.45, 2.75) is 12.8 Å². The minimum absolute atomic E-state index is 0.0916. The monoisotopic (exact) mass is 434 g/mol. The van der Waals surface area contributed by atoms with E-state index in [-0.39, 0.29) is 5.92 Å². The highest BCUT2D eigenvalue weighted by Gasteiger charge is 2.28. The third-order valence-electron chi connectivity index (χ3n) is 5.71. The van der Waals surface area contributed by atoms with Gasteiger partial charge in [-0.15, -0.1) is 0 Å². The summed E-state index contributed by atoms with van der Waals surface area (Å²) in [7, 11) is 5.70. The molecule has 0 bridgehead atoms. The van der Waals surface area contributed by atoms with Gasteiger partial charge in [-0.3, -0.25) is 10.8 Å². The van der Waals surface area contributed by atoms with Crippen LogP contribution in [-0.2, 0) is 0 Å². The lowest BCUT2D eigenvalue weighted by molar-refractivity contribution is 0.261. The summed E-state index contributed by atoms with van der Waals surface area (Å²) in [4.78, 5) is 5.80. The number of ether oxygens (including phenoxy) is 1. The number of likely N-dealkylation sites (N-methyl/N-ethyl adjacent to an activating group) is 1. The van der Waals surface area contributed by atoms with Crippen LogP contribution >= 0.6 is 0 Å². The smallest absolute Gasteiger partial charge is 0.139 e. The highest BCUT2D eigenvalue weighted by Crippen LogP contribution is 2.40. The molecule has 1 fully saturated rings. The molecule has 0 aliphatic carbocycles. The zero-order chi connectivity index (χ0) is 23.1. The van der Waals surface area contributed by atoms with Crippen LogP contribution in [-0.4, -0.2) is 79.6 Å². The number of aromatic nitrogens is 2. The van der Waals surface area contributed by atoms with Crippen LogP contribution in [0.2, 0.25) is 0 Å². The Morgan fingerprint density at radius 2 is 2.00 bits per heavy atom. The van der Waals surface area contributed by atoms with Crippen molar-refractivity contribution in [1.82, 2.24) is 20.0 Å². The van der Waals surface area contributed by atoms with Gasteiger partial charge in [0.05, 0.1) is 24.4 Å². The van der Waals surface area contributed by atoms with Crippen LogP contribution in [0.5, 0.6) is 5.75 Å². The third-order valence-corrected chi connectivity index (χ3v) is 5.71. The molecular formula is C23H30N8O. The summed E-state index contributed by atoms with van der Waals surface area (Å²) in [5.74, 6) is 1.13. The Labute approximate surface area is 189 Å². The largest absolute Gasteiger partial charge is 0.491 e. The van der Waals surface area contributed by atoms with Crippen LogP contribution < -0.4 is 9.64 Å². The van der Waals surface area contributed by atoms with E-state index in [1.807, 2.05) is 37.2 Å². The van der Waals surface area contributed by atoms with E-state index in [0.29, 0.717) is 36.8 Å². The summed E-state index contributed by atoms with van der Waals surface area (Å²) in [6.45, 7) is 2.66. The third kappa shape index (κ3) is 5.21. The lowest BCUT2D eigenvalue weighted by Crippen LogP contribution is -2.41. The first-order chi connectivity index (χ1) is 15.5. The van der Waals surface area contributed by atoms with E-state index in [9.17, 15) is 5.26 Å². The van der Waals surface area contributed by atoms with Crippen LogP contribution in [0.4, 0.5) is 5.69 Å². The molecule has 3 rings (SSSR count). The van der Waals surface area contributed by atoms with Crippen LogP contribution in [0.3, 0.4) is 0 Å². The average molecular weight is 435 g/mol. The zero-order valence-corrected chi connectivity index (χ0v) is 18.9. The first kappa shape index (κ1) is 23.2. The van der Waals surface area contributed by atoms with Crippen LogP contribution in [0.15, 0.2) is 30.6 Å². The van der Waals surface area contributed by atoms with Crippen molar-refractivity contribution in [2.24, 2.45) is 5.92 Å². The highest BCUT2D eigenvalue weighted by molar-refractivity contribution is 5.91. The average Bonchev–Trinajstić information content (AvgIpc) is 2.83. The van der Waals surface area contributed by atoms with Crippen molar-refractivity contribution < 1.29 is 4.74 Å². The summed E-state index contributed by atoms with van der Waals surface area (Å²) in [6.07, 6.45) is 6.08. The molecule has 1 aliphatic heterocycles. The van der Waals surface area contributed by atoms with Crippen molar-refractivity contribution in [2.75, 3.05) is 52.3 Å². The first-order valence-electron chi connectivity index (χ1n) is 10.6. The number of nitriles is 1. The molecule has 9 nitrogen and oxygen atoms in total. The van der Waals surface area contributed by atoms with Crippen LogP contribution in [0.1, 0.15) is 18.4 Å². The van der Waals surface area contributed by atoms with Gasteiger partial charge in [-0.1, -0.05) is 0 Å². The molecular weight excluding hydrogens is 404 g/mol. The van der Waals surface area contributed by atoms with Crippen molar-refractivity contribution in [3.8, 4) is 22.9 Å². The molecule has 0 spiro atoms. The summed E-state index contributed by atoms with van der Waals surface area (Å²) >= 11 is 0. The van der Waals surface area contributed by atoms with Crippen LogP contribution in [0, 0.1) is 28.1 Å². The van der Waals surface area contributed by atoms with Gasteiger partial charge in [0.2, 0.25) is 0 Å². The molecule has 2 N–H and O–H groups in total. The van der Waals surface area contributed by atoms with E-state index in [1.165, 1.54) is 6.34 Å². The fourth-order valence-electron chi connectivity index (χ4n) is 3.88. The number of nitrogens with one attached hydrogen (secondary N) is 2. The Morgan fingerprint density at radius 1 is 1.25 bits per heavy atom. The zero-order valence-electron chi connectivity index (χ0n) is 18.9. The number of hydrogen-bond donors (Lipinski definition) is 2. The molecule has 1 aromatic heterocycles. The first-order valence-corrected chi connectivity index (χ1v) is 10.6. The summed E-state index contributed by atoms with van der Waals surface area (Å²) < 4.78 is 5.98. The number of piperidine rings is 1. The Morgan fingerprint density at radius 3 is 2.59 bits per heavy atom.